The van der Waals surface area contributed by atoms with E-state index in [1.54, 1.807) is 10.9 Å². The molecule has 3 nitrogen and oxygen atoms in total. The molecule has 0 unspecified atom stereocenters. The molecule has 0 saturated heterocycles. The van der Waals surface area contributed by atoms with Crippen LogP contribution in [0.3, 0.4) is 0 Å². The number of rotatable bonds is 3. The molecule has 1 aliphatic carbocycles. The van der Waals surface area contributed by atoms with Gasteiger partial charge in [-0.1, -0.05) is 12.8 Å². The van der Waals surface area contributed by atoms with Gasteiger partial charge in [-0.05, 0) is 25.3 Å². The SMILES string of the molecule is Cc1cnn(CC(=O)C2CCCC2)c1. The van der Waals surface area contributed by atoms with Crippen LogP contribution < -0.4 is 0 Å². The van der Waals surface area contributed by atoms with Gasteiger partial charge >= 0.3 is 0 Å². The fourth-order valence-corrected chi connectivity index (χ4v) is 2.09. The quantitative estimate of drug-likeness (QED) is 0.733. The molecule has 0 aliphatic heterocycles. The molecule has 0 bridgehead atoms. The van der Waals surface area contributed by atoms with E-state index in [1.807, 2.05) is 13.1 Å². The number of carbonyl (C=O) groups is 1. The van der Waals surface area contributed by atoms with E-state index in [1.165, 1.54) is 12.8 Å². The number of hydrogen-bond acceptors (Lipinski definition) is 2. The van der Waals surface area contributed by atoms with Crippen molar-refractivity contribution in [1.82, 2.24) is 9.78 Å². The molecule has 1 aromatic heterocycles. The molecule has 1 heterocycles. The lowest BCUT2D eigenvalue weighted by atomic mass is 10.0. The molecule has 14 heavy (non-hydrogen) atoms. The van der Waals surface area contributed by atoms with E-state index in [4.69, 9.17) is 0 Å². The standard InChI is InChI=1S/C11H16N2O/c1-9-6-12-13(7-9)8-11(14)10-4-2-3-5-10/h6-7,10H,2-5,8H2,1H3. The maximum Gasteiger partial charge on any atom is 0.157 e. The summed E-state index contributed by atoms with van der Waals surface area (Å²) in [5, 5.41) is 4.12. The fourth-order valence-electron chi connectivity index (χ4n) is 2.09. The van der Waals surface area contributed by atoms with E-state index in [-0.39, 0.29) is 0 Å². The highest BCUT2D eigenvalue weighted by molar-refractivity contribution is 5.80. The van der Waals surface area contributed by atoms with Gasteiger partial charge in [0.05, 0.1) is 12.7 Å². The first kappa shape index (κ1) is 9.44. The van der Waals surface area contributed by atoms with Crippen molar-refractivity contribution in [2.24, 2.45) is 5.92 Å². The van der Waals surface area contributed by atoms with Gasteiger partial charge in [0.25, 0.3) is 0 Å². The van der Waals surface area contributed by atoms with Crippen LogP contribution in [0.4, 0.5) is 0 Å². The van der Waals surface area contributed by atoms with Crippen molar-refractivity contribution < 1.29 is 4.79 Å². The summed E-state index contributed by atoms with van der Waals surface area (Å²) < 4.78 is 1.75. The summed E-state index contributed by atoms with van der Waals surface area (Å²) in [6.45, 7) is 2.45. The molecule has 1 fully saturated rings. The Hall–Kier alpha value is -1.12. The van der Waals surface area contributed by atoms with E-state index in [0.29, 0.717) is 18.2 Å². The van der Waals surface area contributed by atoms with E-state index in [0.717, 1.165) is 18.4 Å². The fraction of sp³-hybridized carbons (Fsp3) is 0.636. The van der Waals surface area contributed by atoms with Crippen molar-refractivity contribution in [3.63, 3.8) is 0 Å². The van der Waals surface area contributed by atoms with Gasteiger partial charge in [-0.2, -0.15) is 5.10 Å². The average Bonchev–Trinajstić information content (AvgIpc) is 2.75. The Labute approximate surface area is 84.1 Å². The Morgan fingerprint density at radius 2 is 2.29 bits per heavy atom. The summed E-state index contributed by atoms with van der Waals surface area (Å²) in [5.41, 5.74) is 1.12. The average molecular weight is 192 g/mol. The Morgan fingerprint density at radius 3 is 2.86 bits per heavy atom. The van der Waals surface area contributed by atoms with Crippen LogP contribution in [-0.4, -0.2) is 15.6 Å². The van der Waals surface area contributed by atoms with Gasteiger partial charge in [0.2, 0.25) is 0 Å². The summed E-state index contributed by atoms with van der Waals surface area (Å²) >= 11 is 0. The van der Waals surface area contributed by atoms with Gasteiger partial charge in [0.15, 0.2) is 5.78 Å². The maximum absolute atomic E-state index is 11.8. The number of hydrogen-bond donors (Lipinski definition) is 0. The van der Waals surface area contributed by atoms with Gasteiger partial charge < -0.3 is 0 Å². The molecule has 76 valence electrons. The van der Waals surface area contributed by atoms with Crippen LogP contribution in [0, 0.1) is 12.8 Å². The first-order chi connectivity index (χ1) is 6.75. The highest BCUT2D eigenvalue weighted by atomic mass is 16.1. The number of aryl methyl sites for hydroxylation is 1. The van der Waals surface area contributed by atoms with Crippen LogP contribution in [-0.2, 0) is 11.3 Å². The van der Waals surface area contributed by atoms with E-state index in [9.17, 15) is 4.79 Å². The monoisotopic (exact) mass is 192 g/mol. The predicted octanol–water partition coefficient (Wildman–Crippen LogP) is 1.95. The van der Waals surface area contributed by atoms with Crippen LogP contribution in [0.5, 0.6) is 0 Å². The largest absolute Gasteiger partial charge is 0.297 e. The zero-order valence-corrected chi connectivity index (χ0v) is 8.57. The molecule has 0 spiro atoms. The molecule has 3 heteroatoms. The molecule has 1 aromatic rings. The Morgan fingerprint density at radius 1 is 1.57 bits per heavy atom. The summed E-state index contributed by atoms with van der Waals surface area (Å²) in [6, 6.07) is 0. The van der Waals surface area contributed by atoms with Gasteiger partial charge in [-0.15, -0.1) is 0 Å². The van der Waals surface area contributed by atoms with E-state index >= 15 is 0 Å². The van der Waals surface area contributed by atoms with Crippen molar-refractivity contribution >= 4 is 5.78 Å². The van der Waals surface area contributed by atoms with Crippen molar-refractivity contribution in [3.05, 3.63) is 18.0 Å². The van der Waals surface area contributed by atoms with Crippen molar-refractivity contribution in [2.75, 3.05) is 0 Å². The minimum atomic E-state index is 0.305. The highest BCUT2D eigenvalue weighted by Gasteiger charge is 2.22. The summed E-state index contributed by atoms with van der Waals surface area (Å²) in [5.74, 6) is 0.658. The van der Waals surface area contributed by atoms with Crippen molar-refractivity contribution in [1.29, 1.82) is 0 Å². The smallest absolute Gasteiger partial charge is 0.157 e. The first-order valence-corrected chi connectivity index (χ1v) is 5.27. The lowest BCUT2D eigenvalue weighted by molar-refractivity contribution is -0.123. The zero-order chi connectivity index (χ0) is 9.97. The van der Waals surface area contributed by atoms with Gasteiger partial charge in [0, 0.05) is 12.1 Å². The number of carbonyl (C=O) groups excluding carboxylic acids is 1. The van der Waals surface area contributed by atoms with E-state index < -0.39 is 0 Å². The summed E-state index contributed by atoms with van der Waals surface area (Å²) in [6.07, 6.45) is 8.32. The lowest BCUT2D eigenvalue weighted by Gasteiger charge is -2.07. The van der Waals surface area contributed by atoms with Crippen LogP contribution in [0.25, 0.3) is 0 Å². The predicted molar refractivity (Wildman–Crippen MR) is 53.9 cm³/mol. The summed E-state index contributed by atoms with van der Waals surface area (Å²) in [4.78, 5) is 11.8. The topological polar surface area (TPSA) is 34.9 Å². The molecule has 0 N–H and O–H groups in total. The molecule has 2 rings (SSSR count). The lowest BCUT2D eigenvalue weighted by Crippen LogP contribution is -2.18. The van der Waals surface area contributed by atoms with Crippen LogP contribution in [0.15, 0.2) is 12.4 Å². The first-order valence-electron chi connectivity index (χ1n) is 5.27. The second-order valence-electron chi connectivity index (χ2n) is 4.16. The molecular weight excluding hydrogens is 176 g/mol. The van der Waals surface area contributed by atoms with Crippen molar-refractivity contribution in [3.8, 4) is 0 Å². The minimum absolute atomic E-state index is 0.305. The normalized spacial score (nSPS) is 17.5. The van der Waals surface area contributed by atoms with Crippen LogP contribution in [0.1, 0.15) is 31.2 Å². The molecule has 0 radical (unpaired) electrons. The van der Waals surface area contributed by atoms with Crippen LogP contribution >= 0.6 is 0 Å². The molecule has 1 aliphatic rings. The second-order valence-corrected chi connectivity index (χ2v) is 4.16. The zero-order valence-electron chi connectivity index (χ0n) is 8.57. The molecule has 1 saturated carbocycles. The number of ketones is 1. The molecule has 0 amide bonds. The third-order valence-corrected chi connectivity index (χ3v) is 2.89. The second kappa shape index (κ2) is 3.95. The Kier molecular flexibility index (Phi) is 2.66. The van der Waals surface area contributed by atoms with Crippen molar-refractivity contribution in [2.45, 2.75) is 39.2 Å². The number of Topliss-reactive ketones (excluding diaryl/α,β-unsaturated/α-hetero) is 1. The van der Waals surface area contributed by atoms with Crippen LogP contribution in [0.2, 0.25) is 0 Å². The Bertz CT molecular complexity index is 324. The van der Waals surface area contributed by atoms with Gasteiger partial charge in [-0.25, -0.2) is 0 Å². The minimum Gasteiger partial charge on any atom is -0.297 e. The third-order valence-electron chi connectivity index (χ3n) is 2.89. The Balaban J connectivity index is 1.93. The van der Waals surface area contributed by atoms with E-state index in [2.05, 4.69) is 5.10 Å². The molecular formula is C11H16N2O. The number of aromatic nitrogens is 2. The third kappa shape index (κ3) is 2.03. The van der Waals surface area contributed by atoms with Gasteiger partial charge in [-0.3, -0.25) is 9.48 Å². The van der Waals surface area contributed by atoms with Gasteiger partial charge in [0.1, 0.15) is 0 Å². The highest BCUT2D eigenvalue weighted by Crippen LogP contribution is 2.25. The number of nitrogens with zero attached hydrogens (tertiary/aromatic N) is 2. The molecule has 0 aromatic carbocycles. The summed E-state index contributed by atoms with van der Waals surface area (Å²) in [7, 11) is 0. The maximum atomic E-state index is 11.8. The molecule has 0 atom stereocenters.